The molecule has 13 nitrogen and oxygen atoms in total. The van der Waals surface area contributed by atoms with E-state index in [1.807, 2.05) is 100 Å². The molecule has 1 heterocycles. The second-order valence-corrected chi connectivity index (χ2v) is 12.4. The molecular weight excluding hydrogens is 716 g/mol. The van der Waals surface area contributed by atoms with Crippen molar-refractivity contribution in [2.45, 2.75) is 53.0 Å². The first-order valence-corrected chi connectivity index (χ1v) is 19.3. The van der Waals surface area contributed by atoms with Gasteiger partial charge in [0.15, 0.2) is 0 Å². The van der Waals surface area contributed by atoms with Gasteiger partial charge in [-0.3, -0.25) is 14.4 Å². The molecule has 13 heteroatoms. The van der Waals surface area contributed by atoms with Gasteiger partial charge in [-0.2, -0.15) is 0 Å². The Labute approximate surface area is 330 Å². The predicted molar refractivity (Wildman–Crippen MR) is 218 cm³/mol. The van der Waals surface area contributed by atoms with Gasteiger partial charge in [-0.15, -0.1) is 0 Å². The summed E-state index contributed by atoms with van der Waals surface area (Å²) in [5.41, 5.74) is 3.62. The highest BCUT2D eigenvalue weighted by Crippen LogP contribution is 2.35. The average molecular weight is 775 g/mol. The number of benzene rings is 3. The van der Waals surface area contributed by atoms with Crippen molar-refractivity contribution in [1.82, 2.24) is 15.6 Å². The van der Waals surface area contributed by atoms with Crippen molar-refractivity contribution < 1.29 is 43.2 Å². The number of hydrogen-bond acceptors (Lipinski definition) is 10. The zero-order chi connectivity index (χ0) is 40.4. The molecule has 2 amide bonds. The van der Waals surface area contributed by atoms with E-state index >= 15 is 0 Å². The van der Waals surface area contributed by atoms with Crippen LogP contribution in [0.25, 0.3) is 21.9 Å². The van der Waals surface area contributed by atoms with E-state index in [-0.39, 0.29) is 25.3 Å². The highest BCUT2D eigenvalue weighted by atomic mass is 16.6. The zero-order valence-electron chi connectivity index (χ0n) is 33.1. The molecule has 4 aromatic rings. The van der Waals surface area contributed by atoms with Crippen LogP contribution in [0.1, 0.15) is 57.2 Å². The summed E-state index contributed by atoms with van der Waals surface area (Å²) in [6.07, 6.45) is 2.19. The molecule has 0 aliphatic carbocycles. The summed E-state index contributed by atoms with van der Waals surface area (Å²) in [5, 5.41) is 20.1. The molecule has 0 aliphatic rings. The lowest BCUT2D eigenvalue weighted by Gasteiger charge is -2.19. The number of amides is 2. The number of anilines is 1. The van der Waals surface area contributed by atoms with Gasteiger partial charge in [0.05, 0.1) is 65.3 Å². The van der Waals surface area contributed by atoms with Crippen LogP contribution in [0.5, 0.6) is 5.75 Å². The van der Waals surface area contributed by atoms with Crippen LogP contribution in [0.2, 0.25) is 0 Å². The van der Waals surface area contributed by atoms with Crippen molar-refractivity contribution in [2.24, 2.45) is 0 Å². The first-order chi connectivity index (χ1) is 27.3. The lowest BCUT2D eigenvalue weighted by Crippen LogP contribution is -2.39. The molecule has 1 aromatic heterocycles. The molecule has 304 valence electrons. The van der Waals surface area contributed by atoms with Gasteiger partial charge in [-0.05, 0) is 66.1 Å². The lowest BCUT2D eigenvalue weighted by molar-refractivity contribution is -0.138. The summed E-state index contributed by atoms with van der Waals surface area (Å²) in [5.74, 6) is -0.322. The maximum absolute atomic E-state index is 12.8. The first-order valence-electron chi connectivity index (χ1n) is 19.3. The van der Waals surface area contributed by atoms with Crippen LogP contribution in [0.15, 0.2) is 79.0 Å². The molecule has 0 saturated carbocycles. The molecular formula is C43H58N4O9. The van der Waals surface area contributed by atoms with E-state index in [4.69, 9.17) is 23.7 Å². The Morgan fingerprint density at radius 3 is 2.05 bits per heavy atom. The van der Waals surface area contributed by atoms with E-state index in [1.165, 1.54) is 0 Å². The van der Waals surface area contributed by atoms with E-state index in [2.05, 4.69) is 20.9 Å². The van der Waals surface area contributed by atoms with Gasteiger partial charge in [0.25, 0.3) is 0 Å². The summed E-state index contributed by atoms with van der Waals surface area (Å²) in [6, 6.07) is 22.4. The Bertz CT molecular complexity index is 1750. The van der Waals surface area contributed by atoms with Gasteiger partial charge in [-0.1, -0.05) is 68.4 Å². The van der Waals surface area contributed by atoms with Gasteiger partial charge < -0.3 is 44.7 Å². The Kier molecular flexibility index (Phi) is 21.6. The third-order valence-corrected chi connectivity index (χ3v) is 8.28. The van der Waals surface area contributed by atoms with Crippen molar-refractivity contribution in [3.05, 3.63) is 90.1 Å². The van der Waals surface area contributed by atoms with Crippen molar-refractivity contribution >= 4 is 34.4 Å². The SMILES string of the molecule is CC.CCOCCOCCOCCOCCOc1ccc(-c2ccc(C(CC(=O)O)NC(=O)CNC(=O)CCCNc3cc(C)ccn3)cc2)c2ccccc12. The monoisotopic (exact) mass is 774 g/mol. The topological polar surface area (TPSA) is 167 Å². The lowest BCUT2D eigenvalue weighted by atomic mass is 9.95. The van der Waals surface area contributed by atoms with Crippen LogP contribution < -0.4 is 20.7 Å². The number of aromatic nitrogens is 1. The van der Waals surface area contributed by atoms with E-state index < -0.39 is 17.9 Å². The largest absolute Gasteiger partial charge is 0.491 e. The summed E-state index contributed by atoms with van der Waals surface area (Å²) >= 11 is 0. The Balaban J connectivity index is 0.00000414. The number of rotatable bonds is 26. The average Bonchev–Trinajstić information content (AvgIpc) is 3.21. The number of fused-ring (bicyclic) bond motifs is 1. The fourth-order valence-electron chi connectivity index (χ4n) is 5.60. The molecule has 4 rings (SSSR count). The molecule has 1 unspecified atom stereocenters. The van der Waals surface area contributed by atoms with Crippen LogP contribution in [-0.4, -0.2) is 100 Å². The number of nitrogens with zero attached hydrogens (tertiary/aromatic N) is 1. The van der Waals surface area contributed by atoms with Crippen LogP contribution >= 0.6 is 0 Å². The normalized spacial score (nSPS) is 11.3. The van der Waals surface area contributed by atoms with E-state index in [0.29, 0.717) is 78.0 Å². The molecule has 0 aliphatic heterocycles. The maximum atomic E-state index is 12.8. The van der Waals surface area contributed by atoms with E-state index in [1.54, 1.807) is 6.20 Å². The molecule has 3 aromatic carbocycles. The molecule has 0 spiro atoms. The number of pyridine rings is 1. The molecule has 0 fully saturated rings. The van der Waals surface area contributed by atoms with Crippen molar-refractivity contribution in [2.75, 3.05) is 77.9 Å². The fraction of sp³-hybridized carbons (Fsp3) is 0.442. The highest BCUT2D eigenvalue weighted by molar-refractivity contribution is 6.00. The van der Waals surface area contributed by atoms with Crippen LogP contribution in [-0.2, 0) is 33.3 Å². The van der Waals surface area contributed by atoms with E-state index in [0.717, 1.165) is 39.0 Å². The van der Waals surface area contributed by atoms with Gasteiger partial charge in [-0.25, -0.2) is 4.98 Å². The number of ether oxygens (including phenoxy) is 5. The minimum absolute atomic E-state index is 0.228. The zero-order valence-corrected chi connectivity index (χ0v) is 33.1. The van der Waals surface area contributed by atoms with Crippen LogP contribution in [0, 0.1) is 6.92 Å². The number of aliphatic carboxylic acids is 1. The summed E-state index contributed by atoms with van der Waals surface area (Å²) in [6.45, 7) is 12.8. The number of carboxylic acids is 1. The molecule has 56 heavy (non-hydrogen) atoms. The number of aryl methyl sites for hydroxylation is 1. The van der Waals surface area contributed by atoms with Crippen molar-refractivity contribution in [1.29, 1.82) is 0 Å². The quantitative estimate of drug-likeness (QED) is 0.0526. The minimum Gasteiger partial charge on any atom is -0.491 e. The summed E-state index contributed by atoms with van der Waals surface area (Å²) in [4.78, 5) is 41.0. The maximum Gasteiger partial charge on any atom is 0.305 e. The smallest absolute Gasteiger partial charge is 0.305 e. The summed E-state index contributed by atoms with van der Waals surface area (Å²) in [7, 11) is 0. The standard InChI is InChI=1S/C41H52N4O9.C2H6/c1-3-50-19-20-51-21-22-52-23-24-53-25-26-54-37-15-14-33(34-7-4-5-8-35(34)37)31-10-12-32(13-11-31)36(28-41(48)49)45-40(47)29-44-39(46)9-6-17-42-38-27-30(2)16-18-43-38;1-2/h4-5,7-8,10-16,18,27,36H,3,6,9,17,19-26,28-29H2,1-2H3,(H,42,43)(H,44,46)(H,45,47)(H,48,49);1-2H3. The number of carbonyl (C=O) groups is 3. The molecule has 0 bridgehead atoms. The second-order valence-electron chi connectivity index (χ2n) is 12.4. The van der Waals surface area contributed by atoms with Crippen molar-refractivity contribution in [3.63, 3.8) is 0 Å². The van der Waals surface area contributed by atoms with Crippen molar-refractivity contribution in [3.8, 4) is 16.9 Å². The molecule has 1 atom stereocenters. The number of nitrogens with one attached hydrogen (secondary N) is 3. The second kappa shape index (κ2) is 26.7. The Morgan fingerprint density at radius 1 is 0.768 bits per heavy atom. The third kappa shape index (κ3) is 16.7. The highest BCUT2D eigenvalue weighted by Gasteiger charge is 2.19. The molecule has 4 N–H and O–H groups in total. The fourth-order valence-corrected chi connectivity index (χ4v) is 5.60. The van der Waals surface area contributed by atoms with Crippen LogP contribution in [0.4, 0.5) is 5.82 Å². The summed E-state index contributed by atoms with van der Waals surface area (Å²) < 4.78 is 27.9. The molecule has 0 saturated heterocycles. The van der Waals surface area contributed by atoms with Gasteiger partial charge in [0.1, 0.15) is 18.2 Å². The molecule has 0 radical (unpaired) electrons. The van der Waals surface area contributed by atoms with Gasteiger partial charge in [0.2, 0.25) is 11.8 Å². The minimum atomic E-state index is -1.06. The number of carbonyl (C=O) groups excluding carboxylic acids is 2. The Hall–Kier alpha value is -5.08. The van der Waals surface area contributed by atoms with E-state index in [9.17, 15) is 19.5 Å². The van der Waals surface area contributed by atoms with Gasteiger partial charge in [0, 0.05) is 31.2 Å². The third-order valence-electron chi connectivity index (χ3n) is 8.28. The number of hydrogen-bond donors (Lipinski definition) is 4. The van der Waals surface area contributed by atoms with Gasteiger partial charge >= 0.3 is 5.97 Å². The predicted octanol–water partition coefficient (Wildman–Crippen LogP) is 6.34. The van der Waals surface area contributed by atoms with Crippen LogP contribution in [0.3, 0.4) is 0 Å². The Morgan fingerprint density at radius 2 is 1.41 bits per heavy atom. The number of carboxylic acid groups (broad SMARTS) is 1. The first kappa shape index (κ1) is 45.3.